The van der Waals surface area contributed by atoms with Crippen molar-refractivity contribution >= 4 is 18.3 Å². The van der Waals surface area contributed by atoms with Gasteiger partial charge in [0.05, 0.1) is 17.2 Å². The molecular formula is C15H18ClF3N2O. The normalized spacial score (nSPS) is 24.1. The predicted molar refractivity (Wildman–Crippen MR) is 79.1 cm³/mol. The number of carbonyl (C=O) groups is 1. The summed E-state index contributed by atoms with van der Waals surface area (Å²) in [7, 11) is 0. The molecule has 3 rings (SSSR count). The number of alkyl halides is 3. The van der Waals surface area contributed by atoms with Gasteiger partial charge in [0.15, 0.2) is 0 Å². The van der Waals surface area contributed by atoms with Crippen LogP contribution in [0, 0.1) is 5.92 Å². The molecule has 7 heteroatoms. The lowest BCUT2D eigenvalue weighted by atomic mass is 9.88. The van der Waals surface area contributed by atoms with Gasteiger partial charge in [-0.3, -0.25) is 4.79 Å². The highest BCUT2D eigenvalue weighted by Crippen LogP contribution is 2.44. The van der Waals surface area contributed by atoms with Crippen LogP contribution >= 0.6 is 12.4 Å². The molecule has 0 radical (unpaired) electrons. The van der Waals surface area contributed by atoms with Crippen LogP contribution in [0.15, 0.2) is 18.2 Å². The van der Waals surface area contributed by atoms with E-state index in [1.165, 1.54) is 6.07 Å². The van der Waals surface area contributed by atoms with Crippen molar-refractivity contribution in [1.82, 2.24) is 10.2 Å². The van der Waals surface area contributed by atoms with E-state index in [0.29, 0.717) is 18.7 Å². The molecule has 2 aliphatic rings. The van der Waals surface area contributed by atoms with E-state index in [0.717, 1.165) is 6.07 Å². The zero-order valence-corrected chi connectivity index (χ0v) is 13.1. The summed E-state index contributed by atoms with van der Waals surface area (Å²) in [5.74, 6) is -0.263. The molecular weight excluding hydrogens is 317 g/mol. The first kappa shape index (κ1) is 17.1. The fraction of sp³-hybridized carbons (Fsp3) is 0.533. The van der Waals surface area contributed by atoms with Crippen LogP contribution in [0.2, 0.25) is 0 Å². The van der Waals surface area contributed by atoms with E-state index in [1.807, 2.05) is 13.8 Å². The second-order valence-corrected chi connectivity index (χ2v) is 5.93. The van der Waals surface area contributed by atoms with Crippen molar-refractivity contribution in [3.05, 3.63) is 34.9 Å². The zero-order valence-electron chi connectivity index (χ0n) is 12.3. The second kappa shape index (κ2) is 5.74. The summed E-state index contributed by atoms with van der Waals surface area (Å²) < 4.78 is 39.5. The Hall–Kier alpha value is -1.27. The highest BCUT2D eigenvalue weighted by molar-refractivity contribution is 6.01. The summed E-state index contributed by atoms with van der Waals surface area (Å²) in [6, 6.07) is 3.71. The van der Waals surface area contributed by atoms with Crippen LogP contribution in [0.25, 0.3) is 0 Å². The van der Waals surface area contributed by atoms with Gasteiger partial charge in [0.2, 0.25) is 0 Å². The van der Waals surface area contributed by atoms with Gasteiger partial charge in [0.1, 0.15) is 0 Å². The minimum absolute atomic E-state index is 0. The lowest BCUT2D eigenvalue weighted by molar-refractivity contribution is -0.137. The highest BCUT2D eigenvalue weighted by atomic mass is 35.5. The molecule has 2 aliphatic heterocycles. The van der Waals surface area contributed by atoms with Gasteiger partial charge in [-0.1, -0.05) is 26.0 Å². The molecule has 3 nitrogen and oxygen atoms in total. The Morgan fingerprint density at radius 1 is 1.32 bits per heavy atom. The van der Waals surface area contributed by atoms with Crippen LogP contribution < -0.4 is 5.32 Å². The lowest BCUT2D eigenvalue weighted by Crippen LogP contribution is -2.53. The number of piperazine rings is 1. The third-order valence-corrected chi connectivity index (χ3v) is 4.32. The Kier molecular flexibility index (Phi) is 4.46. The molecule has 2 atom stereocenters. The Bertz CT molecular complexity index is 589. The van der Waals surface area contributed by atoms with Gasteiger partial charge >= 0.3 is 6.18 Å². The lowest BCUT2D eigenvalue weighted by Gasteiger charge is -2.40. The van der Waals surface area contributed by atoms with E-state index < -0.39 is 17.6 Å². The van der Waals surface area contributed by atoms with Crippen molar-refractivity contribution in [2.45, 2.75) is 32.1 Å². The van der Waals surface area contributed by atoms with Crippen molar-refractivity contribution in [3.63, 3.8) is 0 Å². The average Bonchev–Trinajstić information content (AvgIpc) is 2.71. The number of rotatable bonds is 1. The van der Waals surface area contributed by atoms with Gasteiger partial charge in [0.25, 0.3) is 5.91 Å². The first-order chi connectivity index (χ1) is 9.82. The third kappa shape index (κ3) is 2.48. The number of benzene rings is 1. The van der Waals surface area contributed by atoms with Crippen molar-refractivity contribution in [3.8, 4) is 0 Å². The van der Waals surface area contributed by atoms with Crippen LogP contribution in [-0.2, 0) is 6.18 Å². The molecule has 0 saturated carbocycles. The van der Waals surface area contributed by atoms with Crippen molar-refractivity contribution < 1.29 is 18.0 Å². The van der Waals surface area contributed by atoms with Gasteiger partial charge in [-0.25, -0.2) is 0 Å². The topological polar surface area (TPSA) is 32.3 Å². The van der Waals surface area contributed by atoms with E-state index in [1.54, 1.807) is 11.0 Å². The molecule has 1 N–H and O–H groups in total. The number of hydrogen-bond donors (Lipinski definition) is 1. The predicted octanol–water partition coefficient (Wildman–Crippen LogP) is 3.25. The molecule has 1 aromatic rings. The summed E-state index contributed by atoms with van der Waals surface area (Å²) in [4.78, 5) is 14.0. The SMILES string of the molecule is CC(C)C1NCCN2C(=O)c3c(cccc3C(F)(F)F)C12.Cl. The van der Waals surface area contributed by atoms with E-state index in [4.69, 9.17) is 0 Å². The molecule has 0 aliphatic carbocycles. The Morgan fingerprint density at radius 3 is 2.59 bits per heavy atom. The Balaban J connectivity index is 0.00000176. The molecule has 2 unspecified atom stereocenters. The summed E-state index contributed by atoms with van der Waals surface area (Å²) in [6.07, 6.45) is -4.50. The fourth-order valence-corrected chi connectivity index (χ4v) is 3.42. The molecule has 0 bridgehead atoms. The van der Waals surface area contributed by atoms with Gasteiger partial charge in [-0.15, -0.1) is 12.4 Å². The maximum atomic E-state index is 13.2. The molecule has 1 fully saturated rings. The molecule has 1 aromatic carbocycles. The summed E-state index contributed by atoms with van der Waals surface area (Å²) in [6.45, 7) is 5.08. The summed E-state index contributed by atoms with van der Waals surface area (Å²) in [5.41, 5.74) is -0.480. The average molecular weight is 335 g/mol. The first-order valence-corrected chi connectivity index (χ1v) is 7.07. The molecule has 0 spiro atoms. The van der Waals surface area contributed by atoms with E-state index in [2.05, 4.69) is 5.32 Å². The van der Waals surface area contributed by atoms with E-state index >= 15 is 0 Å². The molecule has 2 heterocycles. The molecule has 122 valence electrons. The number of nitrogens with one attached hydrogen (secondary N) is 1. The molecule has 1 amide bonds. The maximum absolute atomic E-state index is 13.2. The number of hydrogen-bond acceptors (Lipinski definition) is 2. The number of halogens is 4. The third-order valence-electron chi connectivity index (χ3n) is 4.32. The number of fused-ring (bicyclic) bond motifs is 3. The standard InChI is InChI=1S/C15H17F3N2O.ClH/c1-8(2)12-13-9-4-3-5-10(15(16,17)18)11(9)14(21)20(13)7-6-19-12;/h3-5,8,12-13,19H,6-7H2,1-2H3;1H. The molecule has 0 aromatic heterocycles. The monoisotopic (exact) mass is 334 g/mol. The molecule has 1 saturated heterocycles. The fourth-order valence-electron chi connectivity index (χ4n) is 3.42. The Labute approximate surface area is 133 Å². The van der Waals surface area contributed by atoms with Gasteiger partial charge in [-0.05, 0) is 17.5 Å². The van der Waals surface area contributed by atoms with E-state index in [9.17, 15) is 18.0 Å². The summed E-state index contributed by atoms with van der Waals surface area (Å²) in [5, 5.41) is 3.33. The largest absolute Gasteiger partial charge is 0.417 e. The van der Waals surface area contributed by atoms with Gasteiger partial charge < -0.3 is 10.2 Å². The Morgan fingerprint density at radius 2 is 2.00 bits per heavy atom. The quantitative estimate of drug-likeness (QED) is 0.855. The minimum atomic E-state index is -4.50. The van der Waals surface area contributed by atoms with Crippen molar-refractivity contribution in [1.29, 1.82) is 0 Å². The van der Waals surface area contributed by atoms with Crippen LogP contribution in [0.1, 0.15) is 41.4 Å². The van der Waals surface area contributed by atoms with Crippen LogP contribution in [0.3, 0.4) is 0 Å². The van der Waals surface area contributed by atoms with Gasteiger partial charge in [0, 0.05) is 19.1 Å². The maximum Gasteiger partial charge on any atom is 0.417 e. The highest BCUT2D eigenvalue weighted by Gasteiger charge is 2.48. The van der Waals surface area contributed by atoms with Crippen molar-refractivity contribution in [2.75, 3.05) is 13.1 Å². The number of nitrogens with zero attached hydrogens (tertiary/aromatic N) is 1. The van der Waals surface area contributed by atoms with E-state index in [-0.39, 0.29) is 36.0 Å². The second-order valence-electron chi connectivity index (χ2n) is 5.93. The van der Waals surface area contributed by atoms with Crippen LogP contribution in [0.4, 0.5) is 13.2 Å². The number of carbonyl (C=O) groups excluding carboxylic acids is 1. The smallest absolute Gasteiger partial charge is 0.329 e. The van der Waals surface area contributed by atoms with Crippen LogP contribution in [0.5, 0.6) is 0 Å². The summed E-state index contributed by atoms with van der Waals surface area (Å²) >= 11 is 0. The van der Waals surface area contributed by atoms with Crippen molar-refractivity contribution in [2.24, 2.45) is 5.92 Å². The van der Waals surface area contributed by atoms with Gasteiger partial charge in [-0.2, -0.15) is 13.2 Å². The van der Waals surface area contributed by atoms with Crippen LogP contribution in [-0.4, -0.2) is 29.9 Å². The minimum Gasteiger partial charge on any atom is -0.329 e. The zero-order chi connectivity index (χ0) is 15.4. The first-order valence-electron chi connectivity index (χ1n) is 7.07. The molecule has 22 heavy (non-hydrogen) atoms. The number of amides is 1.